The molecule has 23 fully saturated rings. The number of aliphatic hydroxyl groups is 28. The number of thioether (sulfide) groups is 2. The van der Waals surface area contributed by atoms with E-state index in [4.69, 9.17) is 75.8 Å². The Morgan fingerprint density at radius 3 is 0.642 bits per heavy atom. The van der Waals surface area contributed by atoms with Crippen LogP contribution in [0.3, 0.4) is 0 Å². The fraction of sp³-hybridized carbons (Fsp3) is 0.983. The Kier molecular flexibility index (Phi) is 30.9. The number of hydrogen-bond donors (Lipinski definition) is 29. The molecule has 0 aromatic rings. The molecule has 0 aliphatic carbocycles. The average molecular weight is 1590 g/mol. The molecule has 0 aromatic carbocycles. The summed E-state index contributed by atoms with van der Waals surface area (Å²) in [4.78, 5) is 14.7. The van der Waals surface area contributed by atoms with Crippen molar-refractivity contribution in [2.24, 2.45) is 5.92 Å². The Morgan fingerprint density at radius 2 is 0.434 bits per heavy atom. The van der Waals surface area contributed by atoms with Crippen molar-refractivity contribution in [1.82, 2.24) is 5.32 Å². The van der Waals surface area contributed by atoms with Crippen LogP contribution in [0.1, 0.15) is 0 Å². The highest BCUT2D eigenvalue weighted by Gasteiger charge is 2.60. The zero-order valence-corrected chi connectivity index (χ0v) is 57.2. The molecule has 45 atom stereocenters. The summed E-state index contributed by atoms with van der Waals surface area (Å²) in [6.07, 6.45) is -89.0. The Labute approximate surface area is 607 Å². The van der Waals surface area contributed by atoms with Crippen LogP contribution in [-0.2, 0) is 80.6 Å². The van der Waals surface area contributed by atoms with Gasteiger partial charge in [-0.05, 0) is 0 Å². The van der Waals surface area contributed by atoms with Gasteiger partial charge in [0.05, 0.1) is 58.8 Å². The molecule has 0 aromatic heterocycles. The van der Waals surface area contributed by atoms with Gasteiger partial charge >= 0.3 is 0 Å². The highest BCUT2D eigenvalue weighted by atomic mass is 32.2. The van der Waals surface area contributed by atoms with Crippen molar-refractivity contribution in [3.05, 3.63) is 0 Å². The van der Waals surface area contributed by atoms with Crippen LogP contribution in [0, 0.1) is 5.92 Å². The topological polar surface area (TPSA) is 743 Å². The molecule has 1 amide bonds. The molecule has 23 aliphatic rings. The lowest BCUT2D eigenvalue weighted by molar-refractivity contribution is -0.396. The molecule has 23 heterocycles. The van der Waals surface area contributed by atoms with Crippen molar-refractivity contribution in [3.63, 3.8) is 0 Å². The molecule has 29 N–H and O–H groups in total. The van der Waals surface area contributed by atoms with Crippen LogP contribution in [0.4, 0.5) is 0 Å². The fourth-order valence-corrected chi connectivity index (χ4v) is 16.5. The van der Waals surface area contributed by atoms with E-state index in [0.29, 0.717) is 23.5 Å². The Hall–Kier alpha value is -1.59. The molecular weight excluding hydrogens is 1490 g/mol. The van der Waals surface area contributed by atoms with Gasteiger partial charge in [-0.2, -0.15) is 0 Å². The molecule has 23 saturated heterocycles. The number of carbonyl (C=O) groups excluding carboxylic acids is 1. The van der Waals surface area contributed by atoms with E-state index in [1.54, 1.807) is 0 Å². The quantitative estimate of drug-likeness (QED) is 0.0643. The van der Waals surface area contributed by atoms with Gasteiger partial charge in [-0.25, -0.2) is 0 Å². The van der Waals surface area contributed by atoms with Crippen molar-refractivity contribution in [2.75, 3.05) is 70.9 Å². The SMILES string of the molecule is O=C(NCC1OC2OC3C(CO)OC(OC4C(CO)OC(OC5C(CO)OC(OC6C(CO)OC(OC7C(CO)OC(OC8C(CO)OC(OC1C(O)C2O)C(O)C8O)C(O)C7O)C(O)C6O)C(O)C5O)C(O)C4O)C(O)C3O)C(CSC1OC(CO)C(O)C(O)C1O)CSC1OC(CO)C(O)C(O)C1O. The van der Waals surface area contributed by atoms with E-state index >= 15 is 0 Å². The number of amides is 1. The monoisotopic (exact) mass is 1590 g/mol. The number of ether oxygens (including phenoxy) is 16. The average Bonchev–Trinajstić information content (AvgIpc) is 0.775. The Bertz CT molecular complexity index is 2650. The second kappa shape index (κ2) is 37.8. The molecule has 14 bridgehead atoms. The van der Waals surface area contributed by atoms with E-state index < -0.39 is 357 Å². The van der Waals surface area contributed by atoms with Crippen molar-refractivity contribution >= 4 is 29.4 Å². The van der Waals surface area contributed by atoms with E-state index in [2.05, 4.69) is 5.32 Å². The van der Waals surface area contributed by atoms with Crippen molar-refractivity contribution in [2.45, 2.75) is 275 Å². The number of nitrogens with one attached hydrogen (secondary N) is 1. The summed E-state index contributed by atoms with van der Waals surface area (Å²) in [6, 6.07) is 0. The standard InChI is InChI=1S/C58H97NO45S2/c60-2-14-22(68)24(70)40(86)57(96-14)105-10-12(11-106-58-41(87)25(71)23(69)15(3-61)97-58)49(88)59-1-13-42-26(72)33(79)50(89-13)99-43-16(4-62)91-52(35(81)28(43)74)101-45-18(6-64)93-54(37(83)30(45)76)103-47-20(8-66)95-56(39(85)32(47)78)104-48-21(9-67)94-55(38(84)31(48)77)102-46-19(7-65)92-53(36(82)29(46)75)100-44-17(5-63)90-51(98-42)34(80)27(44)73/h12-48,50-58,60-87H,1-11H2,(H,59,88). The summed E-state index contributed by atoms with van der Waals surface area (Å²) in [5, 5.41) is 313. The first-order chi connectivity index (χ1) is 50.4. The second-order valence-corrected chi connectivity index (χ2v) is 29.2. The summed E-state index contributed by atoms with van der Waals surface area (Å²) >= 11 is 1.32. The minimum atomic E-state index is -2.44. The van der Waals surface area contributed by atoms with Crippen molar-refractivity contribution < 1.29 is 224 Å². The predicted molar refractivity (Wildman–Crippen MR) is 330 cm³/mol. The number of carbonyl (C=O) groups is 1. The smallest absolute Gasteiger partial charge is 0.224 e. The molecule has 106 heavy (non-hydrogen) atoms. The van der Waals surface area contributed by atoms with E-state index in [-0.39, 0.29) is 0 Å². The predicted octanol–water partition coefficient (Wildman–Crippen LogP) is -19.4. The summed E-state index contributed by atoms with van der Waals surface area (Å²) in [5.41, 5.74) is -2.94. The second-order valence-electron chi connectivity index (χ2n) is 27.0. The molecule has 23 aliphatic heterocycles. The highest BCUT2D eigenvalue weighted by molar-refractivity contribution is 8.00. The maximum Gasteiger partial charge on any atom is 0.224 e. The fourth-order valence-electron chi connectivity index (χ4n) is 13.8. The van der Waals surface area contributed by atoms with Crippen LogP contribution in [-0.4, -0.2) is 494 Å². The summed E-state index contributed by atoms with van der Waals surface area (Å²) in [6.45, 7) is -9.47. The molecule has 23 rings (SSSR count). The lowest BCUT2D eigenvalue weighted by Gasteiger charge is -2.50. The number of rotatable bonds is 17. The van der Waals surface area contributed by atoms with Crippen molar-refractivity contribution in [3.8, 4) is 0 Å². The van der Waals surface area contributed by atoms with Crippen LogP contribution in [0.15, 0.2) is 0 Å². The molecule has 45 unspecified atom stereocenters. The van der Waals surface area contributed by atoms with Gasteiger partial charge in [0.15, 0.2) is 44.0 Å². The molecule has 0 spiro atoms. The van der Waals surface area contributed by atoms with Gasteiger partial charge < -0.3 is 224 Å². The first kappa shape index (κ1) is 86.8. The molecule has 0 saturated carbocycles. The van der Waals surface area contributed by atoms with Gasteiger partial charge in [0, 0.05) is 18.1 Å². The molecule has 48 heteroatoms. The van der Waals surface area contributed by atoms with Gasteiger partial charge in [0.25, 0.3) is 0 Å². The minimum absolute atomic E-state index is 0.440. The minimum Gasteiger partial charge on any atom is -0.394 e. The zero-order chi connectivity index (χ0) is 77.3. The Balaban J connectivity index is 0.952. The first-order valence-electron chi connectivity index (χ1n) is 33.9. The first-order valence-corrected chi connectivity index (χ1v) is 36.0. The van der Waals surface area contributed by atoms with Gasteiger partial charge in [-0.15, -0.1) is 23.5 Å². The molecule has 616 valence electrons. The van der Waals surface area contributed by atoms with Crippen LogP contribution in [0.2, 0.25) is 0 Å². The summed E-state index contributed by atoms with van der Waals surface area (Å²) in [7, 11) is 0. The Morgan fingerprint density at radius 1 is 0.236 bits per heavy atom. The van der Waals surface area contributed by atoms with E-state index in [1.165, 1.54) is 0 Å². The molecule has 46 nitrogen and oxygen atoms in total. The molecular formula is C58H97NO45S2. The zero-order valence-electron chi connectivity index (χ0n) is 55.6. The molecule has 0 radical (unpaired) electrons. The summed E-state index contributed by atoms with van der Waals surface area (Å²) < 4.78 is 92.7. The third-order valence-corrected chi connectivity index (χ3v) is 22.7. The highest BCUT2D eigenvalue weighted by Crippen LogP contribution is 2.41. The van der Waals surface area contributed by atoms with Crippen LogP contribution in [0.5, 0.6) is 0 Å². The van der Waals surface area contributed by atoms with E-state index in [9.17, 15) is 148 Å². The lowest BCUT2D eigenvalue weighted by atomic mass is 9.95. The van der Waals surface area contributed by atoms with Crippen LogP contribution in [0.25, 0.3) is 0 Å². The number of hydrogen-bond acceptors (Lipinski definition) is 47. The van der Waals surface area contributed by atoms with Crippen LogP contribution >= 0.6 is 23.5 Å². The third-order valence-electron chi connectivity index (χ3n) is 20.1. The number of aliphatic hydroxyl groups excluding tert-OH is 28. The van der Waals surface area contributed by atoms with Gasteiger partial charge in [0.1, 0.15) is 231 Å². The van der Waals surface area contributed by atoms with E-state index in [0.717, 1.165) is 0 Å². The van der Waals surface area contributed by atoms with Crippen molar-refractivity contribution in [1.29, 1.82) is 0 Å². The normalized spacial score (nSPS) is 52.5. The van der Waals surface area contributed by atoms with Crippen LogP contribution < -0.4 is 5.32 Å². The lowest BCUT2D eigenvalue weighted by Crippen LogP contribution is -2.68. The largest absolute Gasteiger partial charge is 0.394 e. The maximum atomic E-state index is 14.7. The van der Waals surface area contributed by atoms with E-state index in [1.807, 2.05) is 0 Å². The van der Waals surface area contributed by atoms with Gasteiger partial charge in [-0.3, -0.25) is 4.79 Å². The maximum absolute atomic E-state index is 14.7. The summed E-state index contributed by atoms with van der Waals surface area (Å²) in [5.74, 6) is -3.32. The third kappa shape index (κ3) is 18.1. The van der Waals surface area contributed by atoms with Gasteiger partial charge in [-0.1, -0.05) is 0 Å². The van der Waals surface area contributed by atoms with Gasteiger partial charge in [0.2, 0.25) is 5.91 Å².